The first-order valence-corrected chi connectivity index (χ1v) is 7.77. The maximum absolute atomic E-state index is 12.0. The maximum atomic E-state index is 12.0. The van der Waals surface area contributed by atoms with Gasteiger partial charge in [-0.25, -0.2) is 0 Å². The van der Waals surface area contributed by atoms with Crippen LogP contribution in [0.3, 0.4) is 0 Å². The van der Waals surface area contributed by atoms with E-state index in [4.69, 9.17) is 23.2 Å². The molecule has 22 heavy (non-hydrogen) atoms. The van der Waals surface area contributed by atoms with Crippen molar-refractivity contribution < 1.29 is 4.79 Å². The quantitative estimate of drug-likeness (QED) is 0.844. The molecule has 0 heterocycles. The summed E-state index contributed by atoms with van der Waals surface area (Å²) < 4.78 is 0. The van der Waals surface area contributed by atoms with Crippen molar-refractivity contribution in [3.63, 3.8) is 0 Å². The van der Waals surface area contributed by atoms with E-state index in [2.05, 4.69) is 22.3 Å². The molecule has 0 aliphatic rings. The first-order valence-electron chi connectivity index (χ1n) is 7.02. The summed E-state index contributed by atoms with van der Waals surface area (Å²) in [4.78, 5) is 14.1. The highest BCUT2D eigenvalue weighted by Gasteiger charge is 2.08. The van der Waals surface area contributed by atoms with Crippen molar-refractivity contribution in [2.75, 3.05) is 18.9 Å². The summed E-state index contributed by atoms with van der Waals surface area (Å²) in [6.45, 7) is 1.48. The van der Waals surface area contributed by atoms with Crippen LogP contribution in [-0.4, -0.2) is 24.4 Å². The Morgan fingerprint density at radius 1 is 1.14 bits per heavy atom. The molecule has 3 nitrogen and oxygen atoms in total. The Kier molecular flexibility index (Phi) is 6.25. The van der Waals surface area contributed by atoms with Gasteiger partial charge in [0.05, 0.1) is 10.7 Å². The number of carbonyl (C=O) groups is 1. The van der Waals surface area contributed by atoms with Crippen LogP contribution in [0.15, 0.2) is 48.5 Å². The summed E-state index contributed by atoms with van der Waals surface area (Å²) in [5, 5.41) is 3.81. The maximum Gasteiger partial charge on any atom is 0.225 e. The third-order valence-electron chi connectivity index (χ3n) is 3.22. The van der Waals surface area contributed by atoms with E-state index >= 15 is 0 Å². The van der Waals surface area contributed by atoms with Gasteiger partial charge in [-0.2, -0.15) is 0 Å². The van der Waals surface area contributed by atoms with Crippen LogP contribution in [0.1, 0.15) is 12.0 Å². The number of hydrogen-bond donors (Lipinski definition) is 1. The van der Waals surface area contributed by atoms with E-state index in [9.17, 15) is 4.79 Å². The number of carbonyl (C=O) groups excluding carboxylic acids is 1. The molecule has 0 radical (unpaired) electrons. The number of benzene rings is 2. The van der Waals surface area contributed by atoms with Gasteiger partial charge in [-0.15, -0.1) is 0 Å². The summed E-state index contributed by atoms with van der Waals surface area (Å²) >= 11 is 11.9. The van der Waals surface area contributed by atoms with Gasteiger partial charge >= 0.3 is 0 Å². The number of halogens is 2. The van der Waals surface area contributed by atoms with Crippen molar-refractivity contribution in [1.29, 1.82) is 0 Å². The van der Waals surface area contributed by atoms with E-state index in [-0.39, 0.29) is 5.91 Å². The van der Waals surface area contributed by atoms with Crippen molar-refractivity contribution in [1.82, 2.24) is 4.90 Å². The minimum Gasteiger partial charge on any atom is -0.325 e. The highest BCUT2D eigenvalue weighted by Crippen LogP contribution is 2.25. The SMILES string of the molecule is CN(CCC(=O)Nc1cc(Cl)ccc1Cl)Cc1ccccc1. The average Bonchev–Trinajstić information content (AvgIpc) is 2.50. The Bertz CT molecular complexity index is 632. The highest BCUT2D eigenvalue weighted by molar-refractivity contribution is 6.35. The van der Waals surface area contributed by atoms with E-state index < -0.39 is 0 Å². The van der Waals surface area contributed by atoms with Gasteiger partial charge in [0.15, 0.2) is 0 Å². The van der Waals surface area contributed by atoms with Gasteiger partial charge in [0.2, 0.25) is 5.91 Å². The fourth-order valence-electron chi connectivity index (χ4n) is 2.07. The fourth-order valence-corrected chi connectivity index (χ4v) is 2.41. The van der Waals surface area contributed by atoms with Gasteiger partial charge in [0.1, 0.15) is 0 Å². The molecule has 2 aromatic carbocycles. The molecule has 116 valence electrons. The standard InChI is InChI=1S/C17H18Cl2N2O/c1-21(12-13-5-3-2-4-6-13)10-9-17(22)20-16-11-14(18)7-8-15(16)19/h2-8,11H,9-10,12H2,1H3,(H,20,22). The Labute approximate surface area is 140 Å². The van der Waals surface area contributed by atoms with Gasteiger partial charge < -0.3 is 10.2 Å². The molecule has 1 amide bonds. The van der Waals surface area contributed by atoms with Crippen molar-refractivity contribution in [3.05, 3.63) is 64.1 Å². The van der Waals surface area contributed by atoms with Crippen molar-refractivity contribution in [3.8, 4) is 0 Å². The van der Waals surface area contributed by atoms with E-state index in [0.717, 1.165) is 6.54 Å². The molecule has 0 fully saturated rings. The molecule has 2 aromatic rings. The molecule has 5 heteroatoms. The Hall–Kier alpha value is -1.55. The van der Waals surface area contributed by atoms with Gasteiger partial charge in [-0.1, -0.05) is 53.5 Å². The molecule has 0 aromatic heterocycles. The van der Waals surface area contributed by atoms with Crippen LogP contribution in [0.4, 0.5) is 5.69 Å². The summed E-state index contributed by atoms with van der Waals surface area (Å²) in [6.07, 6.45) is 0.395. The third kappa shape index (κ3) is 5.34. The van der Waals surface area contributed by atoms with E-state index in [1.165, 1.54) is 5.56 Å². The van der Waals surface area contributed by atoms with Crippen molar-refractivity contribution in [2.45, 2.75) is 13.0 Å². The predicted molar refractivity (Wildman–Crippen MR) is 92.5 cm³/mol. The zero-order valence-corrected chi connectivity index (χ0v) is 13.9. The molecular weight excluding hydrogens is 319 g/mol. The lowest BCUT2D eigenvalue weighted by atomic mass is 10.2. The van der Waals surface area contributed by atoms with E-state index in [1.807, 2.05) is 25.2 Å². The lowest BCUT2D eigenvalue weighted by Gasteiger charge is -2.16. The summed E-state index contributed by atoms with van der Waals surface area (Å²) in [7, 11) is 1.99. The van der Waals surface area contributed by atoms with E-state index in [0.29, 0.717) is 28.7 Å². The molecule has 0 aliphatic carbocycles. The third-order valence-corrected chi connectivity index (χ3v) is 3.78. The van der Waals surface area contributed by atoms with Crippen LogP contribution in [0, 0.1) is 0 Å². The Morgan fingerprint density at radius 3 is 2.59 bits per heavy atom. The van der Waals surface area contributed by atoms with Crippen LogP contribution in [0.2, 0.25) is 10.0 Å². The topological polar surface area (TPSA) is 32.3 Å². The minimum atomic E-state index is -0.0796. The highest BCUT2D eigenvalue weighted by atomic mass is 35.5. The lowest BCUT2D eigenvalue weighted by Crippen LogP contribution is -2.24. The number of anilines is 1. The van der Waals surface area contributed by atoms with Crippen LogP contribution in [0.25, 0.3) is 0 Å². The van der Waals surface area contributed by atoms with Crippen LogP contribution in [0.5, 0.6) is 0 Å². The fraction of sp³-hybridized carbons (Fsp3) is 0.235. The normalized spacial score (nSPS) is 10.7. The zero-order valence-electron chi connectivity index (χ0n) is 12.4. The molecule has 2 rings (SSSR count). The number of hydrogen-bond acceptors (Lipinski definition) is 2. The second kappa shape index (κ2) is 8.18. The lowest BCUT2D eigenvalue weighted by molar-refractivity contribution is -0.116. The zero-order chi connectivity index (χ0) is 15.9. The Balaban J connectivity index is 1.81. The van der Waals surface area contributed by atoms with Crippen molar-refractivity contribution in [2.24, 2.45) is 0 Å². The van der Waals surface area contributed by atoms with Crippen LogP contribution < -0.4 is 5.32 Å². The molecule has 0 bridgehead atoms. The second-order valence-electron chi connectivity index (χ2n) is 5.15. The van der Waals surface area contributed by atoms with Gasteiger partial charge in [-0.05, 0) is 30.8 Å². The molecular formula is C17H18Cl2N2O. The molecule has 0 saturated heterocycles. The summed E-state index contributed by atoms with van der Waals surface area (Å²) in [5.41, 5.74) is 1.77. The first kappa shape index (κ1) is 16.8. The first-order chi connectivity index (χ1) is 10.5. The average molecular weight is 337 g/mol. The molecule has 0 atom stereocenters. The number of nitrogens with one attached hydrogen (secondary N) is 1. The second-order valence-corrected chi connectivity index (χ2v) is 5.99. The van der Waals surface area contributed by atoms with Crippen LogP contribution >= 0.6 is 23.2 Å². The number of nitrogens with zero attached hydrogens (tertiary/aromatic N) is 1. The monoisotopic (exact) mass is 336 g/mol. The molecule has 0 spiro atoms. The minimum absolute atomic E-state index is 0.0796. The molecule has 1 N–H and O–H groups in total. The van der Waals surface area contributed by atoms with Gasteiger partial charge in [-0.3, -0.25) is 4.79 Å². The van der Waals surface area contributed by atoms with Crippen LogP contribution in [-0.2, 0) is 11.3 Å². The van der Waals surface area contributed by atoms with Crippen molar-refractivity contribution >= 4 is 34.8 Å². The summed E-state index contributed by atoms with van der Waals surface area (Å²) in [6, 6.07) is 15.2. The largest absolute Gasteiger partial charge is 0.325 e. The Morgan fingerprint density at radius 2 is 1.86 bits per heavy atom. The van der Waals surface area contributed by atoms with E-state index in [1.54, 1.807) is 18.2 Å². The molecule has 0 aliphatic heterocycles. The predicted octanol–water partition coefficient (Wildman–Crippen LogP) is 4.45. The molecule has 0 saturated carbocycles. The molecule has 0 unspecified atom stereocenters. The summed E-state index contributed by atoms with van der Waals surface area (Å²) in [5.74, 6) is -0.0796. The smallest absolute Gasteiger partial charge is 0.225 e. The number of amides is 1. The number of rotatable bonds is 6. The van der Waals surface area contributed by atoms with Gasteiger partial charge in [0.25, 0.3) is 0 Å². The van der Waals surface area contributed by atoms with Gasteiger partial charge in [0, 0.05) is 24.5 Å².